The second-order valence-electron chi connectivity index (χ2n) is 9.64. The van der Waals surface area contributed by atoms with Gasteiger partial charge in [-0.2, -0.15) is 0 Å². The second-order valence-corrected chi connectivity index (χ2v) is 9.64. The minimum absolute atomic E-state index is 0. The maximum atomic E-state index is 6.14. The van der Waals surface area contributed by atoms with E-state index in [-0.39, 0.29) is 35.5 Å². The number of nitrogens with zero attached hydrogens (tertiary/aromatic N) is 2. The molecular weight excluding hydrogens is 503 g/mol. The van der Waals surface area contributed by atoms with Gasteiger partial charge in [0.25, 0.3) is 0 Å². The minimum Gasteiger partial charge on any atom is -0.497 e. The van der Waals surface area contributed by atoms with Gasteiger partial charge in [-0.05, 0) is 43.2 Å². The standard InChI is InChI=1S/C24H40N4O2.HI/c1-24(2,3)22-18(9-8-14-30-22)16-26-23(25-4)27-19-10-7-13-28(17-19)20-11-6-12-21(15-20)29-5;/h6,11-12,15,18-19,22H,7-10,13-14,16-17H2,1-5H3,(H2,25,26,27);1H. The summed E-state index contributed by atoms with van der Waals surface area (Å²) in [7, 11) is 3.58. The van der Waals surface area contributed by atoms with E-state index < -0.39 is 0 Å². The van der Waals surface area contributed by atoms with E-state index >= 15 is 0 Å². The summed E-state index contributed by atoms with van der Waals surface area (Å²) in [6.07, 6.45) is 4.95. The Morgan fingerprint density at radius 1 is 1.26 bits per heavy atom. The molecule has 1 aromatic carbocycles. The van der Waals surface area contributed by atoms with Crippen molar-refractivity contribution in [1.82, 2.24) is 10.6 Å². The highest BCUT2D eigenvalue weighted by Gasteiger charge is 2.35. The number of guanidine groups is 1. The fourth-order valence-electron chi connectivity index (χ4n) is 4.76. The van der Waals surface area contributed by atoms with Crippen molar-refractivity contribution in [2.45, 2.75) is 58.6 Å². The van der Waals surface area contributed by atoms with Gasteiger partial charge in [-0.15, -0.1) is 24.0 Å². The molecule has 1 aromatic rings. The molecule has 0 bridgehead atoms. The van der Waals surface area contributed by atoms with E-state index in [2.05, 4.69) is 59.5 Å². The molecule has 2 saturated heterocycles. The fourth-order valence-corrected chi connectivity index (χ4v) is 4.76. The number of benzene rings is 1. The predicted octanol–water partition coefficient (Wildman–Crippen LogP) is 4.29. The number of methoxy groups -OCH3 is 1. The lowest BCUT2D eigenvalue weighted by Crippen LogP contribution is -2.53. The smallest absolute Gasteiger partial charge is 0.191 e. The zero-order valence-corrected chi connectivity index (χ0v) is 22.1. The van der Waals surface area contributed by atoms with Gasteiger partial charge in [-0.25, -0.2) is 0 Å². The van der Waals surface area contributed by atoms with Gasteiger partial charge in [-0.1, -0.05) is 26.8 Å². The van der Waals surface area contributed by atoms with E-state index in [1.165, 1.54) is 12.1 Å². The molecule has 176 valence electrons. The normalized spacial score (nSPS) is 24.9. The van der Waals surface area contributed by atoms with Crippen LogP contribution in [-0.2, 0) is 4.74 Å². The average Bonchev–Trinajstić information content (AvgIpc) is 2.76. The lowest BCUT2D eigenvalue weighted by molar-refractivity contribution is -0.0835. The Labute approximate surface area is 205 Å². The number of rotatable bonds is 5. The van der Waals surface area contributed by atoms with Gasteiger partial charge >= 0.3 is 0 Å². The third kappa shape index (κ3) is 7.41. The number of nitrogens with one attached hydrogen (secondary N) is 2. The quantitative estimate of drug-likeness (QED) is 0.329. The molecule has 7 heteroatoms. The van der Waals surface area contributed by atoms with Crippen LogP contribution in [0, 0.1) is 11.3 Å². The van der Waals surface area contributed by atoms with Crippen molar-refractivity contribution in [3.63, 3.8) is 0 Å². The monoisotopic (exact) mass is 544 g/mol. The maximum Gasteiger partial charge on any atom is 0.191 e. The summed E-state index contributed by atoms with van der Waals surface area (Å²) in [5.74, 6) is 2.31. The zero-order valence-electron chi connectivity index (χ0n) is 19.8. The highest BCUT2D eigenvalue weighted by atomic mass is 127. The van der Waals surface area contributed by atoms with Crippen LogP contribution in [0.1, 0.15) is 46.5 Å². The Bertz CT molecular complexity index is 707. The molecule has 0 radical (unpaired) electrons. The Balaban J connectivity index is 0.00000341. The molecule has 0 aromatic heterocycles. The highest BCUT2D eigenvalue weighted by Crippen LogP contribution is 2.33. The largest absolute Gasteiger partial charge is 0.497 e. The summed E-state index contributed by atoms with van der Waals surface area (Å²) < 4.78 is 11.5. The van der Waals surface area contributed by atoms with Crippen LogP contribution in [0.3, 0.4) is 0 Å². The predicted molar refractivity (Wildman–Crippen MR) is 140 cm³/mol. The van der Waals surface area contributed by atoms with Crippen molar-refractivity contribution < 1.29 is 9.47 Å². The van der Waals surface area contributed by atoms with E-state index in [0.29, 0.717) is 12.0 Å². The molecule has 0 amide bonds. The molecule has 0 aliphatic carbocycles. The molecule has 3 rings (SSSR count). The maximum absolute atomic E-state index is 6.14. The molecule has 2 aliphatic rings. The summed E-state index contributed by atoms with van der Waals surface area (Å²) in [4.78, 5) is 6.93. The van der Waals surface area contributed by atoms with Crippen molar-refractivity contribution in [1.29, 1.82) is 0 Å². The summed E-state index contributed by atoms with van der Waals surface area (Å²) in [5.41, 5.74) is 1.38. The Kier molecular flexibility index (Phi) is 10.2. The van der Waals surface area contributed by atoms with Crippen LogP contribution in [0.25, 0.3) is 0 Å². The number of anilines is 1. The highest BCUT2D eigenvalue weighted by molar-refractivity contribution is 14.0. The van der Waals surface area contributed by atoms with Crippen molar-refractivity contribution >= 4 is 35.6 Å². The lowest BCUT2D eigenvalue weighted by atomic mass is 9.78. The van der Waals surface area contributed by atoms with Crippen LogP contribution in [0.5, 0.6) is 5.75 Å². The molecule has 3 unspecified atom stereocenters. The summed E-state index contributed by atoms with van der Waals surface area (Å²) >= 11 is 0. The Morgan fingerprint density at radius 3 is 2.77 bits per heavy atom. The van der Waals surface area contributed by atoms with Crippen LogP contribution in [0.2, 0.25) is 0 Å². The van der Waals surface area contributed by atoms with Crippen molar-refractivity contribution in [2.24, 2.45) is 16.3 Å². The summed E-state index contributed by atoms with van der Waals surface area (Å²) in [6, 6.07) is 8.70. The minimum atomic E-state index is 0. The zero-order chi connectivity index (χ0) is 21.6. The number of halogens is 1. The second kappa shape index (κ2) is 12.1. The number of hydrogen-bond donors (Lipinski definition) is 2. The summed E-state index contributed by atoms with van der Waals surface area (Å²) in [5, 5.41) is 7.23. The van der Waals surface area contributed by atoms with Gasteiger partial charge < -0.3 is 25.0 Å². The number of aliphatic imine (C=N–C) groups is 1. The SMILES string of the molecule is CN=C(NCC1CCCOC1C(C)(C)C)NC1CCCN(c2cccc(OC)c2)C1.I. The molecular formula is C24H41IN4O2. The molecule has 2 aliphatic heterocycles. The number of ether oxygens (including phenoxy) is 2. The van der Waals surface area contributed by atoms with Gasteiger partial charge in [0.05, 0.1) is 13.2 Å². The first-order valence-corrected chi connectivity index (χ1v) is 11.4. The molecule has 2 heterocycles. The van der Waals surface area contributed by atoms with E-state index in [1.54, 1.807) is 7.11 Å². The third-order valence-electron chi connectivity index (χ3n) is 6.23. The van der Waals surface area contributed by atoms with E-state index in [1.807, 2.05) is 13.1 Å². The first-order chi connectivity index (χ1) is 14.4. The first kappa shape index (κ1) is 26.0. The average molecular weight is 545 g/mol. The molecule has 3 atom stereocenters. The van der Waals surface area contributed by atoms with Crippen molar-refractivity contribution in [2.75, 3.05) is 45.3 Å². The molecule has 2 N–H and O–H groups in total. The van der Waals surface area contributed by atoms with Gasteiger partial charge in [0, 0.05) is 57.0 Å². The van der Waals surface area contributed by atoms with Gasteiger partial charge in [-0.3, -0.25) is 4.99 Å². The van der Waals surface area contributed by atoms with E-state index in [9.17, 15) is 0 Å². The molecule has 6 nitrogen and oxygen atoms in total. The van der Waals surface area contributed by atoms with Gasteiger partial charge in [0.15, 0.2) is 5.96 Å². The third-order valence-corrected chi connectivity index (χ3v) is 6.23. The Morgan fingerprint density at radius 2 is 2.06 bits per heavy atom. The van der Waals surface area contributed by atoms with Crippen LogP contribution < -0.4 is 20.3 Å². The lowest BCUT2D eigenvalue weighted by Gasteiger charge is -2.40. The van der Waals surface area contributed by atoms with Crippen LogP contribution >= 0.6 is 24.0 Å². The molecule has 0 saturated carbocycles. The van der Waals surface area contributed by atoms with Crippen molar-refractivity contribution in [3.8, 4) is 5.75 Å². The van der Waals surface area contributed by atoms with E-state index in [0.717, 1.165) is 57.2 Å². The molecule has 31 heavy (non-hydrogen) atoms. The molecule has 2 fully saturated rings. The van der Waals surface area contributed by atoms with Crippen LogP contribution in [0.4, 0.5) is 5.69 Å². The van der Waals surface area contributed by atoms with Gasteiger partial charge in [0.2, 0.25) is 0 Å². The Hall–Kier alpha value is -1.22. The molecule has 0 spiro atoms. The number of piperidine rings is 1. The van der Waals surface area contributed by atoms with Crippen LogP contribution in [-0.4, -0.2) is 58.5 Å². The van der Waals surface area contributed by atoms with Crippen LogP contribution in [0.15, 0.2) is 29.3 Å². The fraction of sp³-hybridized carbons (Fsp3) is 0.708. The van der Waals surface area contributed by atoms with E-state index in [4.69, 9.17) is 9.47 Å². The summed E-state index contributed by atoms with van der Waals surface area (Å²) in [6.45, 7) is 10.6. The van der Waals surface area contributed by atoms with Gasteiger partial charge in [0.1, 0.15) is 5.75 Å². The first-order valence-electron chi connectivity index (χ1n) is 11.4. The topological polar surface area (TPSA) is 58.1 Å². The number of hydrogen-bond acceptors (Lipinski definition) is 4. The van der Waals surface area contributed by atoms with Crippen molar-refractivity contribution in [3.05, 3.63) is 24.3 Å².